The van der Waals surface area contributed by atoms with Gasteiger partial charge in [-0.1, -0.05) is 18.2 Å². The summed E-state index contributed by atoms with van der Waals surface area (Å²) in [6, 6.07) is 9.45. The number of nitrogens with zero attached hydrogens (tertiary/aromatic N) is 2. The topological polar surface area (TPSA) is 119 Å². The number of rotatable bonds is 10. The number of alkyl halides is 3. The van der Waals surface area contributed by atoms with Crippen LogP contribution in [0.3, 0.4) is 0 Å². The number of primary sulfonamides is 1. The molecule has 0 heterocycles. The zero-order valence-corrected chi connectivity index (χ0v) is 18.9. The number of anilines is 1. The van der Waals surface area contributed by atoms with Crippen molar-refractivity contribution in [1.29, 1.82) is 0 Å². The van der Waals surface area contributed by atoms with Crippen LogP contribution < -0.4 is 10.5 Å². The summed E-state index contributed by atoms with van der Waals surface area (Å²) in [7, 11) is -1.00. The fourth-order valence-corrected chi connectivity index (χ4v) is 4.36. The Hall–Kier alpha value is -2.35. The molecule has 0 bridgehead atoms. The summed E-state index contributed by atoms with van der Waals surface area (Å²) in [6.07, 6.45) is -4.66. The van der Waals surface area contributed by atoms with E-state index in [-0.39, 0.29) is 0 Å². The molecule has 0 amide bonds. The van der Waals surface area contributed by atoms with Crippen LogP contribution in [0.5, 0.6) is 0 Å². The monoisotopic (exact) mass is 492 g/mol. The predicted molar refractivity (Wildman–Crippen MR) is 117 cm³/mol. The first kappa shape index (κ1) is 25.9. The number of thioether (sulfide) groups is 1. The van der Waals surface area contributed by atoms with E-state index in [4.69, 9.17) is 5.14 Å². The van der Waals surface area contributed by atoms with Gasteiger partial charge in [-0.3, -0.25) is 10.1 Å². The molecule has 0 aliphatic heterocycles. The van der Waals surface area contributed by atoms with Crippen molar-refractivity contribution in [2.75, 3.05) is 31.7 Å². The molecule has 0 radical (unpaired) electrons. The Morgan fingerprint density at radius 2 is 1.84 bits per heavy atom. The molecule has 1 atom stereocenters. The maximum atomic E-state index is 13.8. The summed E-state index contributed by atoms with van der Waals surface area (Å²) >= 11 is 1.39. The van der Waals surface area contributed by atoms with Gasteiger partial charge in [0.1, 0.15) is 5.69 Å². The van der Waals surface area contributed by atoms with E-state index in [1.54, 1.807) is 14.1 Å². The van der Waals surface area contributed by atoms with Gasteiger partial charge in [-0.2, -0.15) is 13.2 Å². The third-order valence-corrected chi connectivity index (χ3v) is 6.46. The third kappa shape index (κ3) is 7.36. The minimum atomic E-state index is -5.05. The molecule has 0 unspecified atom stereocenters. The van der Waals surface area contributed by atoms with Gasteiger partial charge in [0, 0.05) is 22.8 Å². The normalized spacial score (nSPS) is 13.2. The molecule has 0 fully saturated rings. The fraction of sp³-hybridized carbons (Fsp3) is 0.368. The van der Waals surface area contributed by atoms with Crippen LogP contribution in [0.15, 0.2) is 52.3 Å². The van der Waals surface area contributed by atoms with Gasteiger partial charge >= 0.3 is 6.18 Å². The number of nitro groups is 1. The molecule has 3 N–H and O–H groups in total. The second kappa shape index (κ2) is 10.5. The minimum Gasteiger partial charge on any atom is -0.375 e. The molecule has 0 saturated carbocycles. The molecule has 176 valence electrons. The van der Waals surface area contributed by atoms with E-state index in [1.165, 1.54) is 11.8 Å². The average molecular weight is 493 g/mol. The van der Waals surface area contributed by atoms with E-state index in [2.05, 4.69) is 5.32 Å². The quantitative estimate of drug-likeness (QED) is 0.294. The van der Waals surface area contributed by atoms with Gasteiger partial charge in [0.15, 0.2) is 0 Å². The van der Waals surface area contributed by atoms with Gasteiger partial charge in [0.25, 0.3) is 5.69 Å². The lowest BCUT2D eigenvalue weighted by molar-refractivity contribution is -0.384. The van der Waals surface area contributed by atoms with Crippen molar-refractivity contribution in [2.24, 2.45) is 5.14 Å². The number of nitro benzene ring substituents is 1. The van der Waals surface area contributed by atoms with Crippen LogP contribution in [0.1, 0.15) is 12.0 Å². The van der Waals surface area contributed by atoms with Crippen molar-refractivity contribution < 1.29 is 26.5 Å². The lowest BCUT2D eigenvalue weighted by atomic mass is 10.1. The highest BCUT2D eigenvalue weighted by atomic mass is 32.2. The zero-order valence-electron chi connectivity index (χ0n) is 17.3. The van der Waals surface area contributed by atoms with Crippen LogP contribution in [0.2, 0.25) is 0 Å². The number of halogens is 3. The molecule has 2 aromatic rings. The molecule has 0 aliphatic carbocycles. The first-order valence-electron chi connectivity index (χ1n) is 9.30. The Morgan fingerprint density at radius 3 is 2.34 bits per heavy atom. The van der Waals surface area contributed by atoms with E-state index in [9.17, 15) is 31.7 Å². The summed E-state index contributed by atoms with van der Waals surface area (Å²) < 4.78 is 64.5. The van der Waals surface area contributed by atoms with Crippen molar-refractivity contribution in [2.45, 2.75) is 28.4 Å². The van der Waals surface area contributed by atoms with Crippen LogP contribution in [0.4, 0.5) is 24.5 Å². The lowest BCUT2D eigenvalue weighted by Crippen LogP contribution is -2.29. The standard InChI is InChI=1S/C19H23F3N4O4S2/c1-25(2)9-8-13(12-31-14-6-4-3-5-7-14)24-18-16(19(20,21)22)10-15(32(23,29)30)11-17(18)26(27)28/h3-7,10-11,13,24H,8-9,12H2,1-2H3,(H2,23,29,30)/t13-/m1/s1. The molecular weight excluding hydrogens is 469 g/mol. The second-order valence-corrected chi connectivity index (χ2v) is 9.88. The predicted octanol–water partition coefficient (Wildman–Crippen LogP) is 3.79. The molecule has 0 aromatic heterocycles. The van der Waals surface area contributed by atoms with Crippen LogP contribution in [-0.2, 0) is 16.2 Å². The lowest BCUT2D eigenvalue weighted by Gasteiger charge is -2.24. The van der Waals surface area contributed by atoms with Gasteiger partial charge in [0.2, 0.25) is 10.0 Å². The van der Waals surface area contributed by atoms with Crippen LogP contribution in [0.25, 0.3) is 0 Å². The Morgan fingerprint density at radius 1 is 1.22 bits per heavy atom. The summed E-state index contributed by atoms with van der Waals surface area (Å²) in [6.45, 7) is 0.511. The first-order valence-corrected chi connectivity index (χ1v) is 11.8. The van der Waals surface area contributed by atoms with E-state index in [0.29, 0.717) is 30.9 Å². The Bertz CT molecular complexity index is 1050. The Balaban J connectivity index is 2.50. The summed E-state index contributed by atoms with van der Waals surface area (Å²) in [5.41, 5.74) is -3.26. The van der Waals surface area contributed by atoms with Crippen LogP contribution in [0, 0.1) is 10.1 Å². The van der Waals surface area contributed by atoms with Crippen LogP contribution in [-0.4, -0.2) is 50.7 Å². The third-order valence-electron chi connectivity index (χ3n) is 4.39. The number of hydrogen-bond acceptors (Lipinski definition) is 7. The van der Waals surface area contributed by atoms with Crippen molar-refractivity contribution >= 4 is 33.2 Å². The van der Waals surface area contributed by atoms with Crippen LogP contribution >= 0.6 is 11.8 Å². The van der Waals surface area contributed by atoms with E-state index in [1.807, 2.05) is 35.2 Å². The maximum absolute atomic E-state index is 13.8. The summed E-state index contributed by atoms with van der Waals surface area (Å²) in [5.74, 6) is 0.323. The number of benzene rings is 2. The molecule has 0 aliphatic rings. The summed E-state index contributed by atoms with van der Waals surface area (Å²) in [5, 5.41) is 19.2. The van der Waals surface area contributed by atoms with E-state index < -0.39 is 49.0 Å². The van der Waals surface area contributed by atoms with Crippen molar-refractivity contribution in [3.05, 3.63) is 58.1 Å². The Labute approximate surface area is 188 Å². The Kier molecular flexibility index (Phi) is 8.51. The van der Waals surface area contributed by atoms with E-state index in [0.717, 1.165) is 4.90 Å². The first-order chi connectivity index (χ1) is 14.8. The maximum Gasteiger partial charge on any atom is 0.418 e. The average Bonchev–Trinajstić information content (AvgIpc) is 2.68. The minimum absolute atomic E-state index is 0.317. The zero-order chi connectivity index (χ0) is 24.1. The SMILES string of the molecule is CN(C)CC[C@H](CSc1ccccc1)Nc1c([N+](=O)[O-])cc(S(N)(=O)=O)cc1C(F)(F)F. The van der Waals surface area contributed by atoms with E-state index >= 15 is 0 Å². The molecule has 0 saturated heterocycles. The van der Waals surface area contributed by atoms with Gasteiger partial charge in [-0.25, -0.2) is 13.6 Å². The van der Waals surface area contributed by atoms with Gasteiger partial charge in [0.05, 0.1) is 15.4 Å². The van der Waals surface area contributed by atoms with Crippen molar-refractivity contribution in [3.63, 3.8) is 0 Å². The highest BCUT2D eigenvalue weighted by Gasteiger charge is 2.39. The highest BCUT2D eigenvalue weighted by Crippen LogP contribution is 2.42. The van der Waals surface area contributed by atoms with Crippen molar-refractivity contribution in [3.8, 4) is 0 Å². The molecule has 0 spiro atoms. The molecule has 13 heteroatoms. The molecule has 2 aromatic carbocycles. The summed E-state index contributed by atoms with van der Waals surface area (Å²) in [4.78, 5) is 12.2. The van der Waals surface area contributed by atoms with Gasteiger partial charge < -0.3 is 10.2 Å². The number of sulfonamides is 1. The second-order valence-electron chi connectivity index (χ2n) is 7.22. The van der Waals surface area contributed by atoms with Gasteiger partial charge in [-0.05, 0) is 45.3 Å². The number of nitrogens with one attached hydrogen (secondary N) is 1. The number of hydrogen-bond donors (Lipinski definition) is 2. The molecule has 32 heavy (non-hydrogen) atoms. The number of nitrogens with two attached hydrogens (primary N) is 1. The molecule has 8 nitrogen and oxygen atoms in total. The van der Waals surface area contributed by atoms with Gasteiger partial charge in [-0.15, -0.1) is 11.8 Å². The molecular formula is C19H23F3N4O4S2. The smallest absolute Gasteiger partial charge is 0.375 e. The van der Waals surface area contributed by atoms with Crippen molar-refractivity contribution in [1.82, 2.24) is 4.90 Å². The highest BCUT2D eigenvalue weighted by molar-refractivity contribution is 7.99. The molecule has 2 rings (SSSR count). The largest absolute Gasteiger partial charge is 0.418 e. The fourth-order valence-electron chi connectivity index (χ4n) is 2.81.